The average Bonchev–Trinajstić information content (AvgIpc) is 2.63. The molecule has 3 rings (SSSR count). The van der Waals surface area contributed by atoms with Gasteiger partial charge in [-0.3, -0.25) is 4.79 Å². The van der Waals surface area contributed by atoms with Gasteiger partial charge in [0.05, 0.1) is 6.04 Å². The van der Waals surface area contributed by atoms with E-state index in [-0.39, 0.29) is 5.91 Å². The first-order chi connectivity index (χ1) is 13.4. The van der Waals surface area contributed by atoms with E-state index in [4.69, 9.17) is 0 Å². The van der Waals surface area contributed by atoms with Crippen LogP contribution in [-0.2, 0) is 11.3 Å². The van der Waals surface area contributed by atoms with Gasteiger partial charge in [0.1, 0.15) is 44.4 Å². The second-order valence-electron chi connectivity index (χ2n) is 7.80. The zero-order valence-electron chi connectivity index (χ0n) is 16.5. The summed E-state index contributed by atoms with van der Waals surface area (Å²) in [5.41, 5.74) is 2.94. The van der Waals surface area contributed by atoms with Crippen LogP contribution in [0.4, 0.5) is 8.78 Å². The topological polar surface area (TPSA) is 38.0 Å². The number of quaternary nitrogens is 2. The van der Waals surface area contributed by atoms with Crippen LogP contribution < -0.4 is 15.1 Å². The number of nitrogens with one attached hydrogen (secondary N) is 3. The van der Waals surface area contributed by atoms with Gasteiger partial charge in [0.15, 0.2) is 6.54 Å². The molecular formula is C22H29F2N3O+2. The number of carbonyl (C=O) groups is 1. The lowest BCUT2D eigenvalue weighted by Gasteiger charge is -2.29. The summed E-state index contributed by atoms with van der Waals surface area (Å²) < 4.78 is 26.9. The Hall–Kier alpha value is -2.31. The summed E-state index contributed by atoms with van der Waals surface area (Å²) in [7, 11) is 0. The van der Waals surface area contributed by atoms with E-state index < -0.39 is 17.7 Å². The van der Waals surface area contributed by atoms with Crippen molar-refractivity contribution in [3.63, 3.8) is 0 Å². The van der Waals surface area contributed by atoms with E-state index >= 15 is 0 Å². The first-order valence-electron chi connectivity index (χ1n) is 9.87. The van der Waals surface area contributed by atoms with Gasteiger partial charge in [-0.2, -0.15) is 0 Å². The molecule has 1 aliphatic heterocycles. The van der Waals surface area contributed by atoms with Crippen LogP contribution >= 0.6 is 0 Å². The highest BCUT2D eigenvalue weighted by Gasteiger charge is 2.25. The summed E-state index contributed by atoms with van der Waals surface area (Å²) in [5.74, 6) is -1.35. The molecule has 4 nitrogen and oxygen atoms in total. The van der Waals surface area contributed by atoms with Crippen LogP contribution in [0, 0.1) is 18.6 Å². The first kappa shape index (κ1) is 20.4. The Kier molecular flexibility index (Phi) is 6.75. The highest BCUT2D eigenvalue weighted by atomic mass is 19.1. The molecule has 0 unspecified atom stereocenters. The van der Waals surface area contributed by atoms with Gasteiger partial charge in [0, 0.05) is 17.2 Å². The zero-order chi connectivity index (χ0) is 20.1. The molecule has 1 heterocycles. The molecule has 1 fully saturated rings. The molecule has 0 aromatic heterocycles. The summed E-state index contributed by atoms with van der Waals surface area (Å²) in [6, 6.07) is 11.6. The lowest BCUT2D eigenvalue weighted by molar-refractivity contribution is -1.02. The minimum absolute atomic E-state index is 0.103. The minimum atomic E-state index is -0.631. The Morgan fingerprint density at radius 3 is 2.46 bits per heavy atom. The maximum Gasteiger partial charge on any atom is 0.275 e. The summed E-state index contributed by atoms with van der Waals surface area (Å²) >= 11 is 0. The lowest BCUT2D eigenvalue weighted by Crippen LogP contribution is -3.28. The van der Waals surface area contributed by atoms with Crippen molar-refractivity contribution in [2.75, 3.05) is 32.7 Å². The summed E-state index contributed by atoms with van der Waals surface area (Å²) in [5, 5.41) is 2.83. The third kappa shape index (κ3) is 5.59. The van der Waals surface area contributed by atoms with Crippen molar-refractivity contribution in [2.24, 2.45) is 0 Å². The third-order valence-corrected chi connectivity index (χ3v) is 5.42. The maximum absolute atomic E-state index is 13.9. The standard InChI is InChI=1S/C22H27F2N3O/c1-16-4-3-5-18(12-16)14-26-8-10-27(11-9-26)15-22(28)25-17(2)20-7-6-19(23)13-21(20)24/h3-7,12-13,17H,8-11,14-15H2,1-2H3,(H,25,28)/p+2/t17-/m1/s1. The van der Waals surface area contributed by atoms with Gasteiger partial charge in [0.2, 0.25) is 0 Å². The second-order valence-corrected chi connectivity index (χ2v) is 7.80. The molecule has 0 saturated carbocycles. The van der Waals surface area contributed by atoms with Gasteiger partial charge in [-0.1, -0.05) is 35.9 Å². The van der Waals surface area contributed by atoms with Crippen molar-refractivity contribution in [2.45, 2.75) is 26.4 Å². The third-order valence-electron chi connectivity index (χ3n) is 5.42. The summed E-state index contributed by atoms with van der Waals surface area (Å²) in [6.45, 7) is 9.15. The largest absolute Gasteiger partial charge is 0.345 e. The smallest absolute Gasteiger partial charge is 0.275 e. The van der Waals surface area contributed by atoms with Crippen molar-refractivity contribution < 1.29 is 23.4 Å². The van der Waals surface area contributed by atoms with E-state index in [1.54, 1.807) is 6.92 Å². The zero-order valence-corrected chi connectivity index (χ0v) is 16.5. The van der Waals surface area contributed by atoms with Crippen molar-refractivity contribution in [1.29, 1.82) is 0 Å². The fourth-order valence-electron chi connectivity index (χ4n) is 3.87. The minimum Gasteiger partial charge on any atom is -0.345 e. The number of carbonyl (C=O) groups excluding carboxylic acids is 1. The first-order valence-corrected chi connectivity index (χ1v) is 9.87. The number of rotatable bonds is 6. The van der Waals surface area contributed by atoms with E-state index in [1.807, 2.05) is 0 Å². The molecule has 2 aromatic carbocycles. The molecule has 1 saturated heterocycles. The highest BCUT2D eigenvalue weighted by molar-refractivity contribution is 5.77. The SMILES string of the molecule is Cc1cccc(C[NH+]2CC[NH+](CC(=O)N[C@H](C)c3ccc(F)cc3F)CC2)c1. The Labute approximate surface area is 165 Å². The van der Waals surface area contributed by atoms with Gasteiger partial charge in [-0.05, 0) is 19.9 Å². The van der Waals surface area contributed by atoms with Crippen molar-refractivity contribution >= 4 is 5.91 Å². The van der Waals surface area contributed by atoms with Gasteiger partial charge in [0.25, 0.3) is 5.91 Å². The lowest BCUT2D eigenvalue weighted by atomic mass is 10.1. The van der Waals surface area contributed by atoms with Gasteiger partial charge in [-0.15, -0.1) is 0 Å². The number of aryl methyl sites for hydroxylation is 1. The van der Waals surface area contributed by atoms with Gasteiger partial charge in [-0.25, -0.2) is 8.78 Å². The quantitative estimate of drug-likeness (QED) is 0.659. The molecule has 1 aliphatic rings. The fraction of sp³-hybridized carbons (Fsp3) is 0.409. The van der Waals surface area contributed by atoms with Crippen LogP contribution in [0.5, 0.6) is 0 Å². The van der Waals surface area contributed by atoms with E-state index in [9.17, 15) is 13.6 Å². The number of amides is 1. The molecule has 150 valence electrons. The van der Waals surface area contributed by atoms with Crippen molar-refractivity contribution in [3.05, 3.63) is 70.8 Å². The van der Waals surface area contributed by atoms with Gasteiger partial charge < -0.3 is 15.1 Å². The molecule has 28 heavy (non-hydrogen) atoms. The number of piperazine rings is 1. The number of halogens is 2. The van der Waals surface area contributed by atoms with E-state index in [1.165, 1.54) is 33.1 Å². The number of hydrogen-bond acceptors (Lipinski definition) is 1. The van der Waals surface area contributed by atoms with Crippen LogP contribution in [0.1, 0.15) is 29.7 Å². The Morgan fingerprint density at radius 1 is 1.07 bits per heavy atom. The van der Waals surface area contributed by atoms with E-state index in [0.717, 1.165) is 38.8 Å². The molecule has 6 heteroatoms. The molecule has 0 bridgehead atoms. The summed E-state index contributed by atoms with van der Waals surface area (Å²) in [4.78, 5) is 15.1. The van der Waals surface area contributed by atoms with Crippen LogP contribution in [-0.4, -0.2) is 38.6 Å². The number of hydrogen-bond donors (Lipinski definition) is 3. The highest BCUT2D eigenvalue weighted by Crippen LogP contribution is 2.17. The molecule has 1 amide bonds. The molecule has 0 spiro atoms. The normalized spacial score (nSPS) is 20.6. The Bertz CT molecular complexity index is 819. The predicted molar refractivity (Wildman–Crippen MR) is 104 cm³/mol. The molecule has 2 aromatic rings. The average molecular weight is 389 g/mol. The van der Waals surface area contributed by atoms with Crippen LogP contribution in [0.15, 0.2) is 42.5 Å². The van der Waals surface area contributed by atoms with Crippen molar-refractivity contribution in [3.8, 4) is 0 Å². The van der Waals surface area contributed by atoms with Crippen LogP contribution in [0.2, 0.25) is 0 Å². The van der Waals surface area contributed by atoms with E-state index in [0.29, 0.717) is 12.1 Å². The second kappa shape index (κ2) is 9.26. The van der Waals surface area contributed by atoms with Crippen molar-refractivity contribution in [1.82, 2.24) is 5.32 Å². The Balaban J connectivity index is 1.44. The monoisotopic (exact) mass is 389 g/mol. The molecular weight excluding hydrogens is 360 g/mol. The van der Waals surface area contributed by atoms with Gasteiger partial charge >= 0.3 is 0 Å². The molecule has 3 N–H and O–H groups in total. The maximum atomic E-state index is 13.9. The van der Waals surface area contributed by atoms with Crippen LogP contribution in [0.3, 0.4) is 0 Å². The van der Waals surface area contributed by atoms with E-state index in [2.05, 4.69) is 36.5 Å². The molecule has 1 atom stereocenters. The molecule has 0 radical (unpaired) electrons. The predicted octanol–water partition coefficient (Wildman–Crippen LogP) is 0.434. The summed E-state index contributed by atoms with van der Waals surface area (Å²) in [6.07, 6.45) is 0. The van der Waals surface area contributed by atoms with Crippen LogP contribution in [0.25, 0.3) is 0 Å². The number of benzene rings is 2. The Morgan fingerprint density at radius 2 is 1.79 bits per heavy atom. The fourth-order valence-corrected chi connectivity index (χ4v) is 3.87. The molecule has 0 aliphatic carbocycles.